The van der Waals surface area contributed by atoms with Gasteiger partial charge in [-0.25, -0.2) is 14.4 Å². The number of hydrogen-bond acceptors (Lipinski definition) is 8. The number of nitrogens with zero attached hydrogens (tertiary/aromatic N) is 4. The number of carbonyl (C=O) groups excluding carboxylic acids is 1. The summed E-state index contributed by atoms with van der Waals surface area (Å²) in [6, 6.07) is 2.64. The third-order valence-corrected chi connectivity index (χ3v) is 7.42. The second-order valence-electron chi connectivity index (χ2n) is 9.14. The lowest BCUT2D eigenvalue weighted by Gasteiger charge is -2.29. The Kier molecular flexibility index (Phi) is 7.45. The van der Waals surface area contributed by atoms with Crippen LogP contribution in [0.25, 0.3) is 11.2 Å². The predicted octanol–water partition coefficient (Wildman–Crippen LogP) is 5.51. The fourth-order valence-electron chi connectivity index (χ4n) is 4.93. The molecule has 0 radical (unpaired) electrons. The number of esters is 1. The van der Waals surface area contributed by atoms with Gasteiger partial charge in [-0.15, -0.1) is 0 Å². The summed E-state index contributed by atoms with van der Waals surface area (Å²) in [4.78, 5) is 26.1. The molecule has 0 spiro atoms. The molecular weight excluding hydrogens is 510 g/mol. The summed E-state index contributed by atoms with van der Waals surface area (Å²) >= 11 is 12.6. The van der Waals surface area contributed by atoms with Crippen molar-refractivity contribution in [2.24, 2.45) is 5.92 Å². The van der Waals surface area contributed by atoms with Crippen molar-refractivity contribution in [1.29, 1.82) is 0 Å². The van der Waals surface area contributed by atoms with Gasteiger partial charge in [-0.1, -0.05) is 23.2 Å². The van der Waals surface area contributed by atoms with Crippen LogP contribution in [0, 0.1) is 11.7 Å². The fourth-order valence-corrected chi connectivity index (χ4v) is 5.48. The van der Waals surface area contributed by atoms with Gasteiger partial charge in [0, 0.05) is 25.3 Å². The Balaban J connectivity index is 1.51. The van der Waals surface area contributed by atoms with E-state index in [0.29, 0.717) is 54.8 Å². The van der Waals surface area contributed by atoms with E-state index in [1.165, 1.54) is 19.2 Å². The maximum Gasteiger partial charge on any atom is 0.308 e. The number of hydrogen-bond donors (Lipinski definition) is 2. The molecular formula is C24H27Cl2FN6O3. The molecule has 12 heteroatoms. The lowest BCUT2D eigenvalue weighted by Crippen LogP contribution is -2.28. The number of nitrogens with one attached hydrogen (secondary N) is 2. The first-order valence-electron chi connectivity index (χ1n) is 12.0. The number of benzene rings is 1. The Morgan fingerprint density at radius 1 is 1.11 bits per heavy atom. The van der Waals surface area contributed by atoms with Crippen LogP contribution in [0.1, 0.15) is 44.6 Å². The van der Waals surface area contributed by atoms with Crippen molar-refractivity contribution >= 4 is 57.9 Å². The van der Waals surface area contributed by atoms with Gasteiger partial charge < -0.3 is 20.1 Å². The molecule has 2 fully saturated rings. The highest BCUT2D eigenvalue weighted by Crippen LogP contribution is 2.39. The normalized spacial score (nSPS) is 20.9. The summed E-state index contributed by atoms with van der Waals surface area (Å²) in [6.45, 7) is 1.41. The number of halogens is 3. The van der Waals surface area contributed by atoms with Crippen molar-refractivity contribution in [2.75, 3.05) is 31.0 Å². The lowest BCUT2D eigenvalue weighted by atomic mass is 9.86. The van der Waals surface area contributed by atoms with Crippen LogP contribution < -0.4 is 10.6 Å². The van der Waals surface area contributed by atoms with Gasteiger partial charge in [-0.2, -0.15) is 4.98 Å². The Morgan fingerprint density at radius 2 is 1.81 bits per heavy atom. The third kappa shape index (κ3) is 5.21. The van der Waals surface area contributed by atoms with E-state index >= 15 is 0 Å². The van der Waals surface area contributed by atoms with E-state index < -0.39 is 5.82 Å². The molecule has 0 bridgehead atoms. The Bertz CT molecular complexity index is 1240. The van der Waals surface area contributed by atoms with E-state index in [4.69, 9.17) is 42.6 Å². The van der Waals surface area contributed by atoms with Crippen molar-refractivity contribution in [1.82, 2.24) is 19.5 Å². The lowest BCUT2D eigenvalue weighted by molar-refractivity contribution is -0.146. The summed E-state index contributed by atoms with van der Waals surface area (Å²) < 4.78 is 26.2. The molecule has 0 amide bonds. The predicted molar refractivity (Wildman–Crippen MR) is 136 cm³/mol. The first-order valence-corrected chi connectivity index (χ1v) is 12.8. The molecule has 1 saturated heterocycles. The zero-order chi connectivity index (χ0) is 25.2. The van der Waals surface area contributed by atoms with Crippen molar-refractivity contribution in [3.05, 3.63) is 34.2 Å². The van der Waals surface area contributed by atoms with Crippen molar-refractivity contribution in [3.8, 4) is 0 Å². The molecule has 2 N–H and O–H groups in total. The Labute approximate surface area is 217 Å². The van der Waals surface area contributed by atoms with Crippen LogP contribution in [0.3, 0.4) is 0 Å². The molecule has 0 atom stereocenters. The monoisotopic (exact) mass is 536 g/mol. The van der Waals surface area contributed by atoms with Gasteiger partial charge in [0.1, 0.15) is 11.3 Å². The fraction of sp³-hybridized carbons (Fsp3) is 0.500. The molecule has 1 aliphatic carbocycles. The van der Waals surface area contributed by atoms with Crippen LogP contribution >= 0.6 is 23.2 Å². The number of anilines is 3. The summed E-state index contributed by atoms with van der Waals surface area (Å²) in [7, 11) is 1.42. The molecule has 2 aromatic heterocycles. The van der Waals surface area contributed by atoms with Crippen LogP contribution in [0.2, 0.25) is 10.0 Å². The average Bonchev–Trinajstić information content (AvgIpc) is 3.23. The van der Waals surface area contributed by atoms with Crippen molar-refractivity contribution < 1.29 is 18.7 Å². The molecule has 2 aliphatic rings. The van der Waals surface area contributed by atoms with Crippen LogP contribution in [-0.2, 0) is 14.3 Å². The summed E-state index contributed by atoms with van der Waals surface area (Å²) in [5.74, 6) is 0.152. The van der Waals surface area contributed by atoms with Crippen LogP contribution in [0.4, 0.5) is 22.0 Å². The van der Waals surface area contributed by atoms with E-state index in [1.807, 2.05) is 4.57 Å². The zero-order valence-electron chi connectivity index (χ0n) is 19.8. The Morgan fingerprint density at radius 3 is 2.47 bits per heavy atom. The molecule has 9 nitrogen and oxygen atoms in total. The highest BCUT2D eigenvalue weighted by atomic mass is 35.5. The number of ether oxygens (including phenoxy) is 2. The standard InChI is InChI=1S/C24H27Cl2FN6O3/c1-35-22(34)13-2-4-16(5-3-13)33-21-19(12-28-23(32-21)29-15-6-8-36-9-7-15)30-24(33)31-20-17(25)10-14(27)11-18(20)26/h10-13,15-16H,2-9H2,1H3,(H,30,31)(H,28,29,32)/t13-,16-. The molecule has 1 aromatic carbocycles. The van der Waals surface area contributed by atoms with E-state index in [0.717, 1.165) is 25.7 Å². The number of rotatable bonds is 6. The minimum atomic E-state index is -0.528. The molecule has 192 valence electrons. The number of methoxy groups -OCH3 is 1. The second kappa shape index (κ2) is 10.7. The highest BCUT2D eigenvalue weighted by Gasteiger charge is 2.31. The van der Waals surface area contributed by atoms with Crippen molar-refractivity contribution in [3.63, 3.8) is 0 Å². The van der Waals surface area contributed by atoms with E-state index in [1.54, 1.807) is 6.20 Å². The van der Waals surface area contributed by atoms with Gasteiger partial charge >= 0.3 is 5.97 Å². The molecule has 3 heterocycles. The first-order chi connectivity index (χ1) is 17.4. The second-order valence-corrected chi connectivity index (χ2v) is 9.95. The number of imidazole rings is 1. The van der Waals surface area contributed by atoms with Gasteiger partial charge in [0.2, 0.25) is 11.9 Å². The maximum absolute atomic E-state index is 13.8. The van der Waals surface area contributed by atoms with Crippen LogP contribution in [0.15, 0.2) is 18.3 Å². The van der Waals surface area contributed by atoms with Gasteiger partial charge in [-0.05, 0) is 50.7 Å². The molecule has 5 rings (SSSR count). The third-order valence-electron chi connectivity index (χ3n) is 6.83. The van der Waals surface area contributed by atoms with Gasteiger partial charge in [0.25, 0.3) is 0 Å². The SMILES string of the molecule is COC(=O)[C@H]1CC[C@H](n2c(Nc3c(Cl)cc(F)cc3Cl)nc3cnc(NC4CCOCC4)nc32)CC1. The van der Waals surface area contributed by atoms with Gasteiger partial charge in [-0.3, -0.25) is 9.36 Å². The quantitative estimate of drug-likeness (QED) is 0.397. The molecule has 36 heavy (non-hydrogen) atoms. The van der Waals surface area contributed by atoms with E-state index in [2.05, 4.69) is 15.6 Å². The number of fused-ring (bicyclic) bond motifs is 1. The maximum atomic E-state index is 13.8. The largest absolute Gasteiger partial charge is 0.469 e. The van der Waals surface area contributed by atoms with Crippen LogP contribution in [0.5, 0.6) is 0 Å². The molecule has 0 unspecified atom stereocenters. The summed E-state index contributed by atoms with van der Waals surface area (Å²) in [6.07, 6.45) is 6.29. The van der Waals surface area contributed by atoms with Gasteiger partial charge in [0.15, 0.2) is 5.65 Å². The smallest absolute Gasteiger partial charge is 0.308 e. The molecule has 1 saturated carbocycles. The summed E-state index contributed by atoms with van der Waals surface area (Å²) in [5, 5.41) is 6.88. The topological polar surface area (TPSA) is 103 Å². The van der Waals surface area contributed by atoms with E-state index in [9.17, 15) is 9.18 Å². The molecule has 1 aliphatic heterocycles. The number of aromatic nitrogens is 4. The van der Waals surface area contributed by atoms with E-state index in [-0.39, 0.29) is 34.0 Å². The first kappa shape index (κ1) is 25.0. The van der Waals surface area contributed by atoms with Crippen LogP contribution in [-0.4, -0.2) is 51.9 Å². The van der Waals surface area contributed by atoms with Gasteiger partial charge in [0.05, 0.1) is 35.0 Å². The zero-order valence-corrected chi connectivity index (χ0v) is 21.3. The minimum absolute atomic E-state index is 0.0160. The summed E-state index contributed by atoms with van der Waals surface area (Å²) in [5.41, 5.74) is 1.60. The average molecular weight is 537 g/mol. The number of carbonyl (C=O) groups is 1. The minimum Gasteiger partial charge on any atom is -0.469 e. The molecule has 3 aromatic rings. The Hall–Kier alpha value is -2.69. The highest BCUT2D eigenvalue weighted by molar-refractivity contribution is 6.39. The van der Waals surface area contributed by atoms with Crippen molar-refractivity contribution in [2.45, 2.75) is 50.6 Å².